The van der Waals surface area contributed by atoms with E-state index in [1.807, 2.05) is 6.21 Å². The summed E-state index contributed by atoms with van der Waals surface area (Å²) in [7, 11) is 0. The van der Waals surface area contributed by atoms with Crippen molar-refractivity contribution in [3.05, 3.63) is 58.7 Å². The van der Waals surface area contributed by atoms with Crippen molar-refractivity contribution in [2.75, 3.05) is 0 Å². The topological polar surface area (TPSA) is 24.7 Å². The first kappa shape index (κ1) is 35.3. The average molecular weight is 576 g/mol. The molecule has 0 aromatic heterocycles. The minimum absolute atomic E-state index is 0. The standard InChI is InChI=1S/C36H56N2.Ni/c1-6-11-15-19-30-23-31(20-16-12-7-2)26-35(25-30)37-29-34(10-5)38-36-27-32(21-17-13-8-3)24-33(28-36)22-18-14-9-4;/h23-29H,6-22H2,1-5H3;. The van der Waals surface area contributed by atoms with Gasteiger partial charge in [0, 0.05) is 22.7 Å². The van der Waals surface area contributed by atoms with Gasteiger partial charge in [0.2, 0.25) is 0 Å². The van der Waals surface area contributed by atoms with E-state index in [1.54, 1.807) is 0 Å². The molecule has 0 bridgehead atoms. The molecule has 2 nitrogen and oxygen atoms in total. The summed E-state index contributed by atoms with van der Waals surface area (Å²) in [5.74, 6) is 0. The van der Waals surface area contributed by atoms with Crippen LogP contribution in [0.2, 0.25) is 0 Å². The smallest absolute Gasteiger partial charge is 0.0639 e. The summed E-state index contributed by atoms with van der Waals surface area (Å²) in [4.78, 5) is 10.1. The second-order valence-electron chi connectivity index (χ2n) is 11.1. The van der Waals surface area contributed by atoms with Gasteiger partial charge >= 0.3 is 0 Å². The summed E-state index contributed by atoms with van der Waals surface area (Å²) in [6.07, 6.45) is 22.8. The minimum atomic E-state index is 0. The molecule has 0 atom stereocenters. The first-order valence-corrected chi connectivity index (χ1v) is 16.0. The number of nitrogens with zero attached hydrogens (tertiary/aromatic N) is 2. The van der Waals surface area contributed by atoms with Crippen molar-refractivity contribution in [2.24, 2.45) is 9.98 Å². The molecule has 0 saturated carbocycles. The predicted octanol–water partition coefficient (Wildman–Crippen LogP) is 11.5. The van der Waals surface area contributed by atoms with E-state index in [1.165, 1.54) is 99.3 Å². The molecular formula is C36H56N2Ni. The Labute approximate surface area is 251 Å². The monoisotopic (exact) mass is 574 g/mol. The first-order valence-electron chi connectivity index (χ1n) is 16.0. The molecule has 2 aromatic rings. The Bertz CT molecular complexity index is 920. The predicted molar refractivity (Wildman–Crippen MR) is 171 cm³/mol. The maximum atomic E-state index is 5.10. The molecule has 0 spiro atoms. The van der Waals surface area contributed by atoms with Crippen molar-refractivity contribution >= 4 is 23.3 Å². The van der Waals surface area contributed by atoms with Crippen LogP contribution >= 0.6 is 0 Å². The molecule has 0 aliphatic rings. The number of hydrogen-bond acceptors (Lipinski definition) is 2. The van der Waals surface area contributed by atoms with Crippen LogP contribution in [-0.4, -0.2) is 11.9 Å². The number of hydrogen-bond donors (Lipinski definition) is 0. The van der Waals surface area contributed by atoms with E-state index < -0.39 is 0 Å². The Morgan fingerprint density at radius 2 is 0.872 bits per heavy atom. The number of benzene rings is 2. The SMILES string of the molecule is CCCCCc1cc(CCCCC)cc(N=CC(CC)=Nc2cc(CCCCC)cc(CCCCC)c2)c1.[Ni]. The molecular weight excluding hydrogens is 519 g/mol. The average Bonchev–Trinajstić information content (AvgIpc) is 2.91. The zero-order valence-corrected chi connectivity index (χ0v) is 26.8. The van der Waals surface area contributed by atoms with E-state index in [0.717, 1.165) is 49.2 Å². The van der Waals surface area contributed by atoms with Crippen LogP contribution in [0, 0.1) is 0 Å². The first-order chi connectivity index (χ1) is 18.6. The van der Waals surface area contributed by atoms with Gasteiger partial charge in [-0.1, -0.05) is 98.1 Å². The van der Waals surface area contributed by atoms with Gasteiger partial charge in [0.1, 0.15) is 0 Å². The summed E-state index contributed by atoms with van der Waals surface area (Å²) in [5.41, 5.74) is 8.99. The van der Waals surface area contributed by atoms with E-state index in [2.05, 4.69) is 71.0 Å². The molecule has 0 aliphatic carbocycles. The van der Waals surface area contributed by atoms with Crippen molar-refractivity contribution in [1.82, 2.24) is 0 Å². The van der Waals surface area contributed by atoms with Gasteiger partial charge in [0.05, 0.1) is 17.1 Å². The quantitative estimate of drug-likeness (QED) is 0.0852. The van der Waals surface area contributed by atoms with Crippen LogP contribution in [0.5, 0.6) is 0 Å². The number of aryl methyl sites for hydroxylation is 4. The third-order valence-corrected chi connectivity index (χ3v) is 7.35. The van der Waals surface area contributed by atoms with Crippen molar-refractivity contribution in [3.8, 4) is 0 Å². The van der Waals surface area contributed by atoms with Gasteiger partial charge in [-0.2, -0.15) is 0 Å². The van der Waals surface area contributed by atoms with Crippen LogP contribution < -0.4 is 0 Å². The fourth-order valence-corrected chi connectivity index (χ4v) is 5.03. The van der Waals surface area contributed by atoms with Crippen LogP contribution in [0.1, 0.15) is 140 Å². The van der Waals surface area contributed by atoms with Gasteiger partial charge in [-0.3, -0.25) is 9.98 Å². The third kappa shape index (κ3) is 15.0. The number of rotatable bonds is 20. The van der Waals surface area contributed by atoms with E-state index in [9.17, 15) is 0 Å². The summed E-state index contributed by atoms with van der Waals surface area (Å²) < 4.78 is 0. The van der Waals surface area contributed by atoms with Gasteiger partial charge < -0.3 is 0 Å². The van der Waals surface area contributed by atoms with Crippen LogP contribution in [0.4, 0.5) is 11.4 Å². The minimum Gasteiger partial charge on any atom is -0.255 e. The van der Waals surface area contributed by atoms with Crippen LogP contribution in [-0.2, 0) is 42.2 Å². The Balaban J connectivity index is 0.00000760. The summed E-state index contributed by atoms with van der Waals surface area (Å²) in [6.45, 7) is 11.3. The second-order valence-corrected chi connectivity index (χ2v) is 11.1. The van der Waals surface area contributed by atoms with Crippen molar-refractivity contribution in [2.45, 2.75) is 144 Å². The molecule has 3 heteroatoms. The molecule has 0 saturated heterocycles. The largest absolute Gasteiger partial charge is 0.255 e. The Morgan fingerprint density at radius 3 is 1.21 bits per heavy atom. The fraction of sp³-hybridized carbons (Fsp3) is 0.611. The fourth-order valence-electron chi connectivity index (χ4n) is 5.03. The molecule has 0 aliphatic heterocycles. The van der Waals surface area contributed by atoms with E-state index >= 15 is 0 Å². The zero-order valence-electron chi connectivity index (χ0n) is 25.8. The van der Waals surface area contributed by atoms with E-state index in [0.29, 0.717) is 0 Å². The molecule has 0 radical (unpaired) electrons. The molecule has 0 amide bonds. The number of aliphatic imine (C=N–C) groups is 2. The summed E-state index contributed by atoms with van der Waals surface area (Å²) in [6, 6.07) is 14.1. The van der Waals surface area contributed by atoms with Gasteiger partial charge in [-0.25, -0.2) is 0 Å². The van der Waals surface area contributed by atoms with Crippen LogP contribution in [0.15, 0.2) is 46.4 Å². The van der Waals surface area contributed by atoms with Crippen LogP contribution in [0.25, 0.3) is 0 Å². The maximum absolute atomic E-state index is 5.10. The van der Waals surface area contributed by atoms with E-state index in [4.69, 9.17) is 9.98 Å². The van der Waals surface area contributed by atoms with Crippen molar-refractivity contribution in [1.29, 1.82) is 0 Å². The molecule has 2 rings (SSSR count). The number of unbranched alkanes of at least 4 members (excludes halogenated alkanes) is 8. The molecule has 0 unspecified atom stereocenters. The molecule has 39 heavy (non-hydrogen) atoms. The Kier molecular flexibility index (Phi) is 19.9. The molecule has 0 N–H and O–H groups in total. The molecule has 220 valence electrons. The molecule has 0 heterocycles. The molecule has 2 aromatic carbocycles. The van der Waals surface area contributed by atoms with Crippen molar-refractivity contribution in [3.63, 3.8) is 0 Å². The normalized spacial score (nSPS) is 11.8. The van der Waals surface area contributed by atoms with Gasteiger partial charge in [-0.15, -0.1) is 0 Å². The Hall–Kier alpha value is -1.73. The van der Waals surface area contributed by atoms with Gasteiger partial charge in [0.25, 0.3) is 0 Å². The van der Waals surface area contributed by atoms with Gasteiger partial charge in [0.15, 0.2) is 0 Å². The van der Waals surface area contributed by atoms with Crippen molar-refractivity contribution < 1.29 is 16.5 Å². The second kappa shape index (κ2) is 22.0. The summed E-state index contributed by atoms with van der Waals surface area (Å²) in [5, 5.41) is 0. The van der Waals surface area contributed by atoms with E-state index in [-0.39, 0.29) is 16.5 Å². The Morgan fingerprint density at radius 1 is 0.513 bits per heavy atom. The summed E-state index contributed by atoms with van der Waals surface area (Å²) >= 11 is 0. The zero-order chi connectivity index (χ0) is 27.4. The van der Waals surface area contributed by atoms with Crippen LogP contribution in [0.3, 0.4) is 0 Å². The van der Waals surface area contributed by atoms with Gasteiger partial charge in [-0.05, 0) is 104 Å². The maximum Gasteiger partial charge on any atom is 0.0639 e. The molecule has 0 fully saturated rings. The third-order valence-electron chi connectivity index (χ3n) is 7.35.